The minimum Gasteiger partial charge on any atom is -0.497 e. The molecule has 0 spiro atoms. The second kappa shape index (κ2) is 8.64. The maximum absolute atomic E-state index is 5.67. The van der Waals surface area contributed by atoms with Gasteiger partial charge in [-0.05, 0) is 41.8 Å². The first kappa shape index (κ1) is 20.0. The molecule has 160 valence electrons. The zero-order chi connectivity index (χ0) is 21.2. The molecule has 4 heteroatoms. The van der Waals surface area contributed by atoms with Gasteiger partial charge in [-0.3, -0.25) is 4.90 Å². The summed E-state index contributed by atoms with van der Waals surface area (Å²) in [6, 6.07) is 22.6. The highest BCUT2D eigenvalue weighted by molar-refractivity contribution is 5.86. The highest BCUT2D eigenvalue weighted by Gasteiger charge is 2.34. The average molecular weight is 415 g/mol. The van der Waals surface area contributed by atoms with Crippen molar-refractivity contribution in [3.63, 3.8) is 0 Å². The van der Waals surface area contributed by atoms with Gasteiger partial charge in [0.25, 0.3) is 0 Å². The lowest BCUT2D eigenvalue weighted by molar-refractivity contribution is 0.138. The smallest absolute Gasteiger partial charge is 0.127 e. The van der Waals surface area contributed by atoms with Crippen LogP contribution in [0.5, 0.6) is 11.5 Å². The van der Waals surface area contributed by atoms with Crippen LogP contribution in [0.25, 0.3) is 10.8 Å². The summed E-state index contributed by atoms with van der Waals surface area (Å²) >= 11 is 0. The molecule has 1 saturated heterocycles. The van der Waals surface area contributed by atoms with Gasteiger partial charge in [0, 0.05) is 49.0 Å². The summed E-state index contributed by atoms with van der Waals surface area (Å²) in [6.07, 6.45) is 6.90. The van der Waals surface area contributed by atoms with Gasteiger partial charge in [-0.25, -0.2) is 0 Å². The number of fused-ring (bicyclic) bond motifs is 5. The molecule has 3 aromatic carbocycles. The molecule has 31 heavy (non-hydrogen) atoms. The van der Waals surface area contributed by atoms with Crippen molar-refractivity contribution in [2.75, 3.05) is 32.2 Å². The molecule has 2 bridgehead atoms. The topological polar surface area (TPSA) is 24.9 Å². The summed E-state index contributed by atoms with van der Waals surface area (Å²) < 4.78 is 11.0. The summed E-state index contributed by atoms with van der Waals surface area (Å²) in [5.74, 6) is 1.74. The third kappa shape index (κ3) is 4.00. The third-order valence-corrected chi connectivity index (χ3v) is 6.73. The Morgan fingerprint density at radius 1 is 0.806 bits per heavy atom. The van der Waals surface area contributed by atoms with Crippen LogP contribution in [0.1, 0.15) is 18.4 Å². The Hall–Kier alpha value is -2.98. The summed E-state index contributed by atoms with van der Waals surface area (Å²) in [6.45, 7) is 3.00. The van der Waals surface area contributed by atoms with Crippen LogP contribution in [0.4, 0.5) is 5.69 Å². The molecule has 1 fully saturated rings. The van der Waals surface area contributed by atoms with E-state index >= 15 is 0 Å². The lowest BCUT2D eigenvalue weighted by Crippen LogP contribution is -2.58. The van der Waals surface area contributed by atoms with E-state index in [9.17, 15) is 0 Å². The number of piperazine rings is 1. The van der Waals surface area contributed by atoms with E-state index in [2.05, 4.69) is 70.5 Å². The number of hydrogen-bond acceptors (Lipinski definition) is 4. The van der Waals surface area contributed by atoms with Gasteiger partial charge in [0.2, 0.25) is 0 Å². The van der Waals surface area contributed by atoms with Gasteiger partial charge < -0.3 is 14.4 Å². The predicted octanol–water partition coefficient (Wildman–Crippen LogP) is 5.27. The summed E-state index contributed by atoms with van der Waals surface area (Å²) in [7, 11) is 3.43. The van der Waals surface area contributed by atoms with Crippen molar-refractivity contribution >= 4 is 16.5 Å². The van der Waals surface area contributed by atoms with Crippen molar-refractivity contribution in [1.82, 2.24) is 4.90 Å². The molecule has 3 aromatic rings. The fourth-order valence-electron chi connectivity index (χ4n) is 5.01. The Bertz CT molecular complexity index is 1090. The molecular weight excluding hydrogens is 384 g/mol. The molecular formula is C27H30N2O2. The van der Waals surface area contributed by atoms with Crippen LogP contribution in [0.3, 0.4) is 0 Å². The van der Waals surface area contributed by atoms with Gasteiger partial charge in [-0.2, -0.15) is 0 Å². The van der Waals surface area contributed by atoms with Crippen molar-refractivity contribution in [3.05, 3.63) is 78.4 Å². The number of methoxy groups -OCH3 is 2. The second-order valence-corrected chi connectivity index (χ2v) is 8.54. The Kier molecular flexibility index (Phi) is 5.56. The standard InChI is InChI=1S/C27H30N2O2/c1-30-26-14-12-22(27(16-26)31-2)17-28-18-25-10-6-5-9-24(28)19-29(25)23-13-11-20-7-3-4-8-21(20)15-23/h3-8,11-16,24-25H,9-10,17-19H2,1-2H3/b6-5-/t24-,25-/m0/s1. The molecule has 0 radical (unpaired) electrons. The van der Waals surface area contributed by atoms with E-state index < -0.39 is 0 Å². The van der Waals surface area contributed by atoms with E-state index in [1.807, 2.05) is 12.1 Å². The maximum Gasteiger partial charge on any atom is 0.127 e. The molecule has 3 aliphatic rings. The number of ether oxygens (including phenoxy) is 2. The third-order valence-electron chi connectivity index (χ3n) is 6.73. The van der Waals surface area contributed by atoms with E-state index in [1.54, 1.807) is 14.2 Å². The van der Waals surface area contributed by atoms with Crippen molar-refractivity contribution in [2.45, 2.75) is 31.5 Å². The molecule has 0 amide bonds. The molecule has 0 N–H and O–H groups in total. The Morgan fingerprint density at radius 3 is 2.42 bits per heavy atom. The van der Waals surface area contributed by atoms with Crippen LogP contribution in [-0.2, 0) is 6.54 Å². The molecule has 0 aromatic heterocycles. The summed E-state index contributed by atoms with van der Waals surface area (Å²) in [5, 5.41) is 2.62. The van der Waals surface area contributed by atoms with E-state index in [4.69, 9.17) is 9.47 Å². The van der Waals surface area contributed by atoms with E-state index in [-0.39, 0.29) is 0 Å². The second-order valence-electron chi connectivity index (χ2n) is 8.54. The van der Waals surface area contributed by atoms with Crippen LogP contribution in [0, 0.1) is 0 Å². The van der Waals surface area contributed by atoms with E-state index in [0.717, 1.165) is 44.0 Å². The first-order valence-corrected chi connectivity index (χ1v) is 11.1. The minimum absolute atomic E-state index is 0.471. The molecule has 0 unspecified atom stereocenters. The minimum atomic E-state index is 0.471. The normalized spacial score (nSPS) is 22.2. The monoisotopic (exact) mass is 414 g/mol. The first-order chi connectivity index (χ1) is 15.2. The molecule has 2 atom stereocenters. The highest BCUT2D eigenvalue weighted by Crippen LogP contribution is 2.33. The molecule has 0 saturated carbocycles. The van der Waals surface area contributed by atoms with Gasteiger partial charge in [0.15, 0.2) is 0 Å². The number of anilines is 1. The number of nitrogens with zero attached hydrogens (tertiary/aromatic N) is 2. The number of hydrogen-bond donors (Lipinski definition) is 0. The lowest BCUT2D eigenvalue weighted by atomic mass is 9.95. The molecule has 0 aliphatic carbocycles. The van der Waals surface area contributed by atoms with Crippen molar-refractivity contribution in [1.29, 1.82) is 0 Å². The van der Waals surface area contributed by atoms with Gasteiger partial charge in [0.05, 0.1) is 14.2 Å². The van der Waals surface area contributed by atoms with E-state index in [1.165, 1.54) is 22.0 Å². The van der Waals surface area contributed by atoms with Gasteiger partial charge in [0.1, 0.15) is 11.5 Å². The highest BCUT2D eigenvalue weighted by atomic mass is 16.5. The van der Waals surface area contributed by atoms with Gasteiger partial charge in [-0.15, -0.1) is 0 Å². The van der Waals surface area contributed by atoms with Crippen molar-refractivity contribution in [2.24, 2.45) is 0 Å². The number of benzene rings is 3. The largest absolute Gasteiger partial charge is 0.497 e. The SMILES string of the molecule is COc1ccc(CN2C[C@@H]3C/C=C\C[C@H]2CN3c2ccc3ccccc3c2)c(OC)c1. The fraction of sp³-hybridized carbons (Fsp3) is 0.333. The quantitative estimate of drug-likeness (QED) is 0.531. The van der Waals surface area contributed by atoms with Gasteiger partial charge in [-0.1, -0.05) is 48.6 Å². The van der Waals surface area contributed by atoms with Crippen LogP contribution in [0.2, 0.25) is 0 Å². The average Bonchev–Trinajstić information content (AvgIpc) is 2.80. The van der Waals surface area contributed by atoms with E-state index in [0.29, 0.717) is 12.1 Å². The fourth-order valence-corrected chi connectivity index (χ4v) is 5.01. The maximum atomic E-state index is 5.67. The van der Waals surface area contributed by atoms with Crippen LogP contribution >= 0.6 is 0 Å². The zero-order valence-electron chi connectivity index (χ0n) is 18.3. The molecule has 3 aliphatic heterocycles. The summed E-state index contributed by atoms with van der Waals surface area (Å²) in [4.78, 5) is 5.26. The summed E-state index contributed by atoms with van der Waals surface area (Å²) in [5.41, 5.74) is 2.56. The van der Waals surface area contributed by atoms with Crippen LogP contribution < -0.4 is 14.4 Å². The number of rotatable bonds is 5. The first-order valence-electron chi connectivity index (χ1n) is 11.1. The zero-order valence-corrected chi connectivity index (χ0v) is 18.3. The molecule has 3 heterocycles. The van der Waals surface area contributed by atoms with Crippen LogP contribution in [-0.4, -0.2) is 44.3 Å². The van der Waals surface area contributed by atoms with Crippen LogP contribution in [0.15, 0.2) is 72.8 Å². The predicted molar refractivity (Wildman–Crippen MR) is 127 cm³/mol. The van der Waals surface area contributed by atoms with Gasteiger partial charge >= 0.3 is 0 Å². The van der Waals surface area contributed by atoms with Crippen molar-refractivity contribution < 1.29 is 9.47 Å². The van der Waals surface area contributed by atoms with Crippen molar-refractivity contribution in [3.8, 4) is 11.5 Å². The lowest BCUT2D eigenvalue weighted by Gasteiger charge is -2.48. The Balaban J connectivity index is 1.41. The Morgan fingerprint density at radius 2 is 1.61 bits per heavy atom. The molecule has 6 rings (SSSR count). The molecule has 4 nitrogen and oxygen atoms in total. The Labute approximate surface area is 184 Å².